The lowest BCUT2D eigenvalue weighted by atomic mass is 9.97. The standard InChI is InChI=1S/C58H96N14O11/c1-7-9-10-11-12-13-14-15-16-17-18-19-23-28-48(76)67-44(29-30-47(59)75)53(79)72-51(40(6)74)57(83)71-50(37(3)8-2)56(82)66-38(4)52(78)64-35-49(77)68-46(33-42-34-62-36-65-42)55(81)70-45(32-41-25-21-20-22-26-41)54(80)69-43(39(5)73)27-24-31-63-58(60)61/h20-22,25-26,34,36-38,40,43-46,50-51,74H,7-19,23-24,27-33,35H2,1-6H3,(H2,59,75)(H,62,65)(H,64,78)(H,66,82)(H,67,76)(H,68,77)(H,69,80)(H,70,81)(H,71,83)(H,72,79)(H4,60,61,63)/t37-,38-,40+,43-,44-,45-,46-,50-,51-/m0/s1. The minimum Gasteiger partial charge on any atom is -0.391 e. The van der Waals surface area contributed by atoms with Crippen LogP contribution in [0.5, 0.6) is 0 Å². The molecule has 1 aromatic heterocycles. The molecule has 0 radical (unpaired) electrons. The fourth-order valence-electron chi connectivity index (χ4n) is 8.99. The Morgan fingerprint density at radius 3 is 1.66 bits per heavy atom. The largest absolute Gasteiger partial charge is 0.391 e. The van der Waals surface area contributed by atoms with Crippen LogP contribution in [0.2, 0.25) is 0 Å². The number of guanidine groups is 1. The second kappa shape index (κ2) is 40.7. The van der Waals surface area contributed by atoms with Crippen molar-refractivity contribution in [2.24, 2.45) is 17.4 Å². The summed E-state index contributed by atoms with van der Waals surface area (Å²) >= 11 is 0. The number of carbonyl (C=O) groups excluding carboxylic acids is 10. The third-order valence-corrected chi connectivity index (χ3v) is 14.2. The molecule has 25 heteroatoms. The number of aliphatic hydroxyl groups is 1. The number of aromatic nitrogens is 2. The van der Waals surface area contributed by atoms with Crippen molar-refractivity contribution in [3.8, 4) is 0 Å². The lowest BCUT2D eigenvalue weighted by Crippen LogP contribution is -2.61. The molecule has 2 aromatic rings. The van der Waals surface area contributed by atoms with Crippen molar-refractivity contribution in [1.29, 1.82) is 5.41 Å². The summed E-state index contributed by atoms with van der Waals surface area (Å²) in [6, 6.07) is -0.157. The number of nitrogens with two attached hydrogens (primary N) is 2. The molecule has 0 aliphatic heterocycles. The van der Waals surface area contributed by atoms with Crippen LogP contribution in [0.3, 0.4) is 0 Å². The van der Waals surface area contributed by atoms with Crippen molar-refractivity contribution in [3.05, 3.63) is 54.1 Å². The van der Waals surface area contributed by atoms with Crippen molar-refractivity contribution in [3.63, 3.8) is 0 Å². The number of aromatic amines is 1. The third kappa shape index (κ3) is 30.4. The monoisotopic (exact) mass is 1160 g/mol. The molecule has 0 bridgehead atoms. The quantitative estimate of drug-likeness (QED) is 0.0256. The van der Waals surface area contributed by atoms with E-state index in [9.17, 15) is 53.1 Å². The van der Waals surface area contributed by atoms with Gasteiger partial charge in [-0.15, -0.1) is 0 Å². The maximum absolute atomic E-state index is 14.1. The summed E-state index contributed by atoms with van der Waals surface area (Å²) in [5, 5.41) is 41.4. The summed E-state index contributed by atoms with van der Waals surface area (Å²) in [4.78, 5) is 140. The molecule has 0 aliphatic rings. The molecule has 464 valence electrons. The number of nitrogens with zero attached hydrogens (tertiary/aromatic N) is 1. The molecular formula is C58H96N14O11. The van der Waals surface area contributed by atoms with E-state index < -0.39 is 114 Å². The van der Waals surface area contributed by atoms with Gasteiger partial charge in [0.05, 0.1) is 30.7 Å². The molecule has 1 aromatic carbocycles. The van der Waals surface area contributed by atoms with Gasteiger partial charge >= 0.3 is 0 Å². The second-order valence-electron chi connectivity index (χ2n) is 21.5. The van der Waals surface area contributed by atoms with Crippen LogP contribution in [0.4, 0.5) is 0 Å². The first-order valence-electron chi connectivity index (χ1n) is 29.5. The maximum Gasteiger partial charge on any atom is 0.245 e. The van der Waals surface area contributed by atoms with Gasteiger partial charge in [-0.25, -0.2) is 4.98 Å². The van der Waals surface area contributed by atoms with Crippen LogP contribution in [0.25, 0.3) is 0 Å². The lowest BCUT2D eigenvalue weighted by Gasteiger charge is -2.29. The summed E-state index contributed by atoms with van der Waals surface area (Å²) in [5.41, 5.74) is 11.8. The fourth-order valence-corrected chi connectivity index (χ4v) is 8.99. The predicted molar refractivity (Wildman–Crippen MR) is 314 cm³/mol. The number of benzene rings is 1. The number of aliphatic hydroxyl groups excluding tert-OH is 1. The molecule has 9 amide bonds. The number of H-pyrrole nitrogens is 1. The molecule has 1 heterocycles. The Morgan fingerprint density at radius 2 is 1.12 bits per heavy atom. The van der Waals surface area contributed by atoms with Gasteiger partial charge in [0.1, 0.15) is 36.3 Å². The van der Waals surface area contributed by atoms with Crippen LogP contribution < -0.4 is 59.3 Å². The Bertz CT molecular complexity index is 2340. The van der Waals surface area contributed by atoms with Crippen LogP contribution in [0, 0.1) is 11.3 Å². The Balaban J connectivity index is 2.08. The Kier molecular flexibility index (Phi) is 35.1. The molecule has 83 heavy (non-hydrogen) atoms. The second-order valence-corrected chi connectivity index (χ2v) is 21.5. The van der Waals surface area contributed by atoms with Crippen LogP contribution in [-0.4, -0.2) is 141 Å². The molecule has 2 rings (SSSR count). The number of nitrogens with one attached hydrogen (secondary N) is 11. The van der Waals surface area contributed by atoms with E-state index in [1.807, 2.05) is 0 Å². The van der Waals surface area contributed by atoms with Crippen molar-refractivity contribution in [2.75, 3.05) is 13.1 Å². The van der Waals surface area contributed by atoms with Crippen molar-refractivity contribution >= 4 is 64.9 Å². The molecule has 0 spiro atoms. The zero-order valence-corrected chi connectivity index (χ0v) is 49.6. The van der Waals surface area contributed by atoms with E-state index in [1.165, 1.54) is 84.7 Å². The van der Waals surface area contributed by atoms with Gasteiger partial charge in [-0.1, -0.05) is 135 Å². The molecular weight excluding hydrogens is 1070 g/mol. The molecule has 0 fully saturated rings. The van der Waals surface area contributed by atoms with Crippen molar-refractivity contribution in [2.45, 2.75) is 225 Å². The Labute approximate surface area is 489 Å². The summed E-state index contributed by atoms with van der Waals surface area (Å²) in [6.45, 7) is 9.15. The summed E-state index contributed by atoms with van der Waals surface area (Å²) in [5.74, 6) is -7.99. The topological polar surface area (TPSA) is 404 Å². The molecule has 0 saturated heterocycles. The van der Waals surface area contributed by atoms with Gasteiger partial charge in [-0.2, -0.15) is 0 Å². The number of primary amides is 1. The van der Waals surface area contributed by atoms with E-state index in [2.05, 4.69) is 64.7 Å². The number of imidazole rings is 1. The number of carbonyl (C=O) groups is 10. The highest BCUT2D eigenvalue weighted by molar-refractivity contribution is 5.98. The third-order valence-electron chi connectivity index (χ3n) is 14.2. The average molecular weight is 1170 g/mol. The van der Waals surface area contributed by atoms with Crippen molar-refractivity contribution in [1.82, 2.24) is 57.8 Å². The van der Waals surface area contributed by atoms with Gasteiger partial charge in [-0.3, -0.25) is 53.4 Å². The van der Waals surface area contributed by atoms with Gasteiger partial charge in [0.2, 0.25) is 53.2 Å². The van der Waals surface area contributed by atoms with Gasteiger partial charge in [-0.05, 0) is 57.9 Å². The number of ketones is 1. The lowest BCUT2D eigenvalue weighted by molar-refractivity contribution is -0.137. The van der Waals surface area contributed by atoms with Gasteiger partial charge in [0.15, 0.2) is 11.7 Å². The van der Waals surface area contributed by atoms with Crippen LogP contribution in [-0.2, 0) is 60.8 Å². The Hall–Kier alpha value is -7.44. The van der Waals surface area contributed by atoms with E-state index in [0.717, 1.165) is 25.7 Å². The first-order chi connectivity index (χ1) is 39.6. The average Bonchev–Trinajstić information content (AvgIpc) is 4.03. The summed E-state index contributed by atoms with van der Waals surface area (Å²) in [6.07, 6.45) is 16.6. The summed E-state index contributed by atoms with van der Waals surface area (Å²) in [7, 11) is 0. The number of hydrogen-bond donors (Lipinski definition) is 14. The van der Waals surface area contributed by atoms with Crippen LogP contribution >= 0.6 is 0 Å². The van der Waals surface area contributed by atoms with E-state index in [4.69, 9.17) is 16.9 Å². The smallest absolute Gasteiger partial charge is 0.245 e. The fraction of sp³-hybridized carbons (Fsp3) is 0.655. The molecule has 0 unspecified atom stereocenters. The van der Waals surface area contributed by atoms with Gasteiger partial charge < -0.3 is 69.4 Å². The SMILES string of the molecule is CCCCCCCCCCCCCCCC(=O)N[C@@H](CCC(N)=O)C(=O)N[C@H](C(=O)N[C@H](C(=O)N[C@@H](C)C(=O)NCC(=O)N[C@@H](Cc1c[nH]cn1)C(=O)N[C@@H](Cc1ccccc1)C(=O)N[C@@H](CCCNC(=N)N)C(C)=O)[C@@H](C)CC)[C@@H](C)O. The number of Topliss-reactive ketones (excluding diaryl/α,β-unsaturated/α-hetero) is 1. The van der Waals surface area contributed by atoms with E-state index >= 15 is 0 Å². The number of hydrogen-bond acceptors (Lipinski definition) is 13. The number of amides is 9. The van der Waals surface area contributed by atoms with Gasteiger partial charge in [0.25, 0.3) is 0 Å². The summed E-state index contributed by atoms with van der Waals surface area (Å²) < 4.78 is 0. The highest BCUT2D eigenvalue weighted by Gasteiger charge is 2.35. The van der Waals surface area contributed by atoms with E-state index in [1.54, 1.807) is 44.2 Å². The predicted octanol–water partition coefficient (Wildman–Crippen LogP) is 1.75. The normalized spacial score (nSPS) is 14.3. The number of unbranched alkanes of at least 4 members (excludes halogenated alkanes) is 12. The first kappa shape index (κ1) is 71.7. The minimum atomic E-state index is -1.63. The number of rotatable bonds is 44. The van der Waals surface area contributed by atoms with E-state index in [-0.39, 0.29) is 56.8 Å². The molecule has 25 nitrogen and oxygen atoms in total. The highest BCUT2D eigenvalue weighted by Crippen LogP contribution is 2.15. The zero-order chi connectivity index (χ0) is 61.7. The zero-order valence-electron chi connectivity index (χ0n) is 49.6. The molecule has 0 saturated carbocycles. The first-order valence-corrected chi connectivity index (χ1v) is 29.5. The molecule has 16 N–H and O–H groups in total. The van der Waals surface area contributed by atoms with Gasteiger partial charge in [0, 0.05) is 38.4 Å². The Morgan fingerprint density at radius 1 is 0.578 bits per heavy atom. The molecule has 9 atom stereocenters. The van der Waals surface area contributed by atoms with E-state index in [0.29, 0.717) is 30.5 Å². The highest BCUT2D eigenvalue weighted by atomic mass is 16.3. The molecule has 0 aliphatic carbocycles. The van der Waals surface area contributed by atoms with Crippen LogP contribution in [0.15, 0.2) is 42.9 Å². The maximum atomic E-state index is 14.1. The van der Waals surface area contributed by atoms with Crippen LogP contribution in [0.1, 0.15) is 175 Å². The minimum absolute atomic E-state index is 0.0115. The van der Waals surface area contributed by atoms with Crippen molar-refractivity contribution < 1.29 is 53.1 Å².